The molecular weight excluding hydrogens is 150 g/mol. The number of ether oxygens (including phenoxy) is 1. The summed E-state index contributed by atoms with van der Waals surface area (Å²) in [4.78, 5) is 2.12. The molecule has 0 aromatic carbocycles. The molecule has 1 saturated heterocycles. The lowest BCUT2D eigenvalue weighted by molar-refractivity contribution is -0.0421. The van der Waals surface area contributed by atoms with E-state index in [4.69, 9.17) is 8.92 Å². The van der Waals surface area contributed by atoms with Crippen LogP contribution in [-0.2, 0) is 8.92 Å². The van der Waals surface area contributed by atoms with Crippen molar-refractivity contribution in [1.82, 2.24) is 4.90 Å². The van der Waals surface area contributed by atoms with E-state index in [1.54, 1.807) is 0 Å². The fourth-order valence-electron chi connectivity index (χ4n) is 1.05. The fourth-order valence-corrected chi connectivity index (χ4v) is 1.22. The van der Waals surface area contributed by atoms with Crippen LogP contribution in [0.15, 0.2) is 0 Å². The molecule has 0 spiro atoms. The van der Waals surface area contributed by atoms with Crippen molar-refractivity contribution in [2.45, 2.75) is 12.5 Å². The molecule has 0 amide bonds. The van der Waals surface area contributed by atoms with Gasteiger partial charge in [-0.25, -0.2) is 0 Å². The molecule has 1 fully saturated rings. The van der Waals surface area contributed by atoms with Gasteiger partial charge >= 0.3 is 0 Å². The summed E-state index contributed by atoms with van der Waals surface area (Å²) in [6.07, 6.45) is 1.04. The maximum absolute atomic E-state index is 5.20. The van der Waals surface area contributed by atoms with Gasteiger partial charge in [0.25, 0.3) is 0 Å². The van der Waals surface area contributed by atoms with E-state index in [-0.39, 0.29) is 0 Å². The maximum Gasteiger partial charge on any atom is 0.0990 e. The fraction of sp³-hybridized carbons (Fsp3) is 1.00. The quantitative estimate of drug-likeness (QED) is 0.474. The second-order valence-corrected chi connectivity index (χ2v) is 2.79. The molecule has 60 valence electrons. The smallest absolute Gasteiger partial charge is 0.0990 e. The Morgan fingerprint density at radius 3 is 3.20 bits per heavy atom. The van der Waals surface area contributed by atoms with E-state index in [1.165, 1.54) is 0 Å². The lowest BCUT2D eigenvalue weighted by Crippen LogP contribution is -2.41. The average Bonchev–Trinajstić information content (AvgIpc) is 1.94. The highest BCUT2D eigenvalue weighted by Crippen LogP contribution is 2.08. The Balaban J connectivity index is 2.25. The Kier molecular flexibility index (Phi) is 3.48. The van der Waals surface area contributed by atoms with Crippen LogP contribution in [0.25, 0.3) is 0 Å². The van der Waals surface area contributed by atoms with E-state index in [0.29, 0.717) is 19.4 Å². The molecule has 1 rings (SSSR count). The maximum atomic E-state index is 5.20. The van der Waals surface area contributed by atoms with Gasteiger partial charge in [0.2, 0.25) is 0 Å². The van der Waals surface area contributed by atoms with Gasteiger partial charge in [-0.2, -0.15) is 0 Å². The van der Waals surface area contributed by atoms with Gasteiger partial charge in [0.15, 0.2) is 0 Å². The van der Waals surface area contributed by atoms with E-state index in [9.17, 15) is 0 Å². The molecule has 10 heavy (non-hydrogen) atoms. The molecule has 0 saturated carbocycles. The van der Waals surface area contributed by atoms with Gasteiger partial charge in [0, 0.05) is 12.6 Å². The highest BCUT2D eigenvalue weighted by Gasteiger charge is 2.18. The lowest BCUT2D eigenvalue weighted by Gasteiger charge is -2.31. The molecule has 0 unspecified atom stereocenters. The second kappa shape index (κ2) is 4.18. The molecule has 4 heteroatoms. The first kappa shape index (κ1) is 8.33. The van der Waals surface area contributed by atoms with Gasteiger partial charge in [-0.05, 0) is 26.4 Å². The lowest BCUT2D eigenvalue weighted by atomic mass is 10.2. The first-order chi connectivity index (χ1) is 4.84. The molecule has 3 nitrogen and oxygen atoms in total. The minimum atomic E-state index is 0.478. The Bertz CT molecular complexity index is 99.7. The van der Waals surface area contributed by atoms with E-state index in [2.05, 4.69) is 17.8 Å². The SMILES string of the molecule is CN1COCC[C@H]1COS. The molecule has 0 bridgehead atoms. The Morgan fingerprint density at radius 2 is 2.60 bits per heavy atom. The normalized spacial score (nSPS) is 28.8. The monoisotopic (exact) mass is 163 g/mol. The summed E-state index contributed by atoms with van der Waals surface area (Å²) in [5.41, 5.74) is 0. The van der Waals surface area contributed by atoms with Gasteiger partial charge in [0.1, 0.15) is 0 Å². The standard InChI is InChI=1S/C6H13NO2S/c1-7-5-8-3-2-6(7)4-9-10/h6,10H,2-5H2,1H3/t6-/m0/s1. The zero-order valence-electron chi connectivity index (χ0n) is 6.12. The van der Waals surface area contributed by atoms with Crippen molar-refractivity contribution < 1.29 is 8.92 Å². The Hall–Kier alpha value is 0.230. The van der Waals surface area contributed by atoms with Crippen LogP contribution in [0, 0.1) is 0 Å². The van der Waals surface area contributed by atoms with Crippen molar-refractivity contribution in [3.63, 3.8) is 0 Å². The minimum Gasteiger partial charge on any atom is -0.366 e. The van der Waals surface area contributed by atoms with Gasteiger partial charge in [-0.1, -0.05) is 0 Å². The summed E-state index contributed by atoms with van der Waals surface area (Å²) >= 11 is 3.70. The molecule has 1 aliphatic rings. The van der Waals surface area contributed by atoms with Crippen molar-refractivity contribution in [1.29, 1.82) is 0 Å². The van der Waals surface area contributed by atoms with E-state index < -0.39 is 0 Å². The van der Waals surface area contributed by atoms with E-state index >= 15 is 0 Å². The van der Waals surface area contributed by atoms with Gasteiger partial charge in [0.05, 0.1) is 13.3 Å². The van der Waals surface area contributed by atoms with Gasteiger partial charge in [-0.3, -0.25) is 4.90 Å². The number of hydrogen-bond acceptors (Lipinski definition) is 4. The molecule has 0 aromatic rings. The van der Waals surface area contributed by atoms with Crippen LogP contribution in [0.1, 0.15) is 6.42 Å². The third-order valence-corrected chi connectivity index (χ3v) is 1.93. The topological polar surface area (TPSA) is 21.7 Å². The van der Waals surface area contributed by atoms with Crippen LogP contribution in [0.2, 0.25) is 0 Å². The molecule has 1 atom stereocenters. The van der Waals surface area contributed by atoms with Crippen LogP contribution >= 0.6 is 12.9 Å². The summed E-state index contributed by atoms with van der Waals surface area (Å²) in [6, 6.07) is 0.478. The molecular formula is C6H13NO2S. The van der Waals surface area contributed by atoms with Gasteiger partial charge in [-0.15, -0.1) is 0 Å². The van der Waals surface area contributed by atoms with Crippen molar-refractivity contribution >= 4 is 12.9 Å². The van der Waals surface area contributed by atoms with Crippen LogP contribution in [0.4, 0.5) is 0 Å². The van der Waals surface area contributed by atoms with Crippen molar-refractivity contribution in [3.8, 4) is 0 Å². The van der Waals surface area contributed by atoms with Crippen molar-refractivity contribution in [3.05, 3.63) is 0 Å². The summed E-state index contributed by atoms with van der Waals surface area (Å²) in [7, 11) is 2.02. The zero-order valence-corrected chi connectivity index (χ0v) is 7.01. The summed E-state index contributed by atoms with van der Waals surface area (Å²) in [5, 5.41) is 0. The third-order valence-electron chi connectivity index (χ3n) is 1.78. The number of likely N-dealkylation sites (N-methyl/N-ethyl adjacent to an activating group) is 1. The summed E-state index contributed by atoms with van der Waals surface area (Å²) in [5.74, 6) is 0. The Morgan fingerprint density at radius 1 is 1.80 bits per heavy atom. The largest absolute Gasteiger partial charge is 0.366 e. The average molecular weight is 163 g/mol. The van der Waals surface area contributed by atoms with Gasteiger partial charge < -0.3 is 8.92 Å². The van der Waals surface area contributed by atoms with Crippen molar-refractivity contribution in [2.75, 3.05) is 27.0 Å². The van der Waals surface area contributed by atoms with E-state index in [1.807, 2.05) is 7.05 Å². The molecule has 0 aliphatic carbocycles. The number of rotatable bonds is 2. The first-order valence-corrected chi connectivity index (χ1v) is 3.75. The zero-order chi connectivity index (χ0) is 7.40. The second-order valence-electron chi connectivity index (χ2n) is 2.53. The minimum absolute atomic E-state index is 0.478. The predicted molar refractivity (Wildman–Crippen MR) is 41.9 cm³/mol. The molecule has 1 aliphatic heterocycles. The summed E-state index contributed by atoms with van der Waals surface area (Å²) in [6.45, 7) is 2.23. The molecule has 0 radical (unpaired) electrons. The van der Waals surface area contributed by atoms with Crippen LogP contribution in [0.3, 0.4) is 0 Å². The van der Waals surface area contributed by atoms with Crippen molar-refractivity contribution in [2.24, 2.45) is 0 Å². The first-order valence-electron chi connectivity index (χ1n) is 3.39. The number of thiol groups is 1. The van der Waals surface area contributed by atoms with Crippen LogP contribution in [-0.4, -0.2) is 37.9 Å². The number of nitrogens with zero attached hydrogens (tertiary/aromatic N) is 1. The Labute approximate surface area is 66.9 Å². The predicted octanol–water partition coefficient (Wildman–Crippen LogP) is 0.526. The summed E-state index contributed by atoms with van der Waals surface area (Å²) < 4.78 is 9.95. The molecule has 1 heterocycles. The highest BCUT2D eigenvalue weighted by atomic mass is 32.1. The van der Waals surface area contributed by atoms with E-state index in [0.717, 1.165) is 13.0 Å². The molecule has 0 aromatic heterocycles. The highest BCUT2D eigenvalue weighted by molar-refractivity contribution is 7.75. The third kappa shape index (κ3) is 2.12. The molecule has 0 N–H and O–H groups in total. The number of hydrogen-bond donors (Lipinski definition) is 1. The van der Waals surface area contributed by atoms with Crippen LogP contribution < -0.4 is 0 Å². The van der Waals surface area contributed by atoms with Crippen LogP contribution in [0.5, 0.6) is 0 Å².